The lowest BCUT2D eigenvalue weighted by molar-refractivity contribution is -0.137. The Morgan fingerprint density at radius 3 is 2.44 bits per heavy atom. The Morgan fingerprint density at radius 1 is 1.25 bits per heavy atom. The van der Waals surface area contributed by atoms with Crippen molar-refractivity contribution in [3.8, 4) is 0 Å². The summed E-state index contributed by atoms with van der Waals surface area (Å²) in [4.78, 5) is 21.5. The molecule has 0 heterocycles. The van der Waals surface area contributed by atoms with E-state index in [1.165, 1.54) is 0 Å². The maximum atomic E-state index is 11.2. The van der Waals surface area contributed by atoms with Gasteiger partial charge in [0.2, 0.25) is 5.91 Å². The van der Waals surface area contributed by atoms with E-state index >= 15 is 0 Å². The molecule has 0 bridgehead atoms. The fraction of sp³-hybridized carbons (Fsp3) is 0.818. The molecule has 0 fully saturated rings. The Bertz CT molecular complexity index is 219. The third kappa shape index (κ3) is 8.23. The number of unbranched alkanes of at least 4 members (excludes halogenated alkanes) is 3. The van der Waals surface area contributed by atoms with Crippen molar-refractivity contribution in [3.63, 3.8) is 0 Å². The maximum absolute atomic E-state index is 11.2. The zero-order chi connectivity index (χ0) is 12.4. The first-order valence-corrected chi connectivity index (χ1v) is 5.83. The molecule has 0 aromatic carbocycles. The van der Waals surface area contributed by atoms with Crippen LogP contribution in [0.15, 0.2) is 0 Å². The fourth-order valence-corrected chi connectivity index (χ4v) is 1.28. The lowest BCUT2D eigenvalue weighted by Gasteiger charge is -2.09. The van der Waals surface area contributed by atoms with E-state index in [9.17, 15) is 9.59 Å². The molecule has 0 aromatic heterocycles. The van der Waals surface area contributed by atoms with Gasteiger partial charge in [-0.15, -0.1) is 0 Å². The van der Waals surface area contributed by atoms with Crippen LogP contribution in [0.1, 0.15) is 45.4 Å². The number of carboxylic acids is 1. The number of carbonyl (C=O) groups excluding carboxylic acids is 1. The second kappa shape index (κ2) is 9.15. The zero-order valence-corrected chi connectivity index (χ0v) is 9.87. The van der Waals surface area contributed by atoms with Crippen molar-refractivity contribution < 1.29 is 14.7 Å². The summed E-state index contributed by atoms with van der Waals surface area (Å²) in [6, 6.07) is -0.410. The van der Waals surface area contributed by atoms with Crippen molar-refractivity contribution in [2.75, 3.05) is 6.54 Å². The van der Waals surface area contributed by atoms with Gasteiger partial charge in [-0.2, -0.15) is 0 Å². The standard InChI is InChI=1S/C11H22N2O3/c1-2-9(12)11(16)13-8-6-4-3-5-7-10(14)15/h9H,2-8,12H2,1H3,(H,13,16)(H,14,15)/t9-/m1/s1. The number of amides is 1. The highest BCUT2D eigenvalue weighted by molar-refractivity contribution is 5.81. The zero-order valence-electron chi connectivity index (χ0n) is 9.87. The van der Waals surface area contributed by atoms with E-state index < -0.39 is 12.0 Å². The number of hydrogen-bond acceptors (Lipinski definition) is 3. The van der Waals surface area contributed by atoms with Crippen molar-refractivity contribution >= 4 is 11.9 Å². The number of nitrogens with two attached hydrogens (primary N) is 1. The van der Waals surface area contributed by atoms with Gasteiger partial charge in [-0.05, 0) is 19.3 Å². The first-order chi connectivity index (χ1) is 7.57. The average molecular weight is 230 g/mol. The summed E-state index contributed by atoms with van der Waals surface area (Å²) in [7, 11) is 0. The number of carbonyl (C=O) groups is 2. The quantitative estimate of drug-likeness (QED) is 0.512. The number of hydrogen-bond donors (Lipinski definition) is 3. The summed E-state index contributed by atoms with van der Waals surface area (Å²) in [5, 5.41) is 11.2. The molecule has 94 valence electrons. The van der Waals surface area contributed by atoms with Gasteiger partial charge in [-0.3, -0.25) is 9.59 Å². The van der Waals surface area contributed by atoms with Gasteiger partial charge in [0, 0.05) is 13.0 Å². The molecular weight excluding hydrogens is 208 g/mol. The van der Waals surface area contributed by atoms with Crippen molar-refractivity contribution in [1.29, 1.82) is 0 Å². The Morgan fingerprint density at radius 2 is 1.88 bits per heavy atom. The molecule has 4 N–H and O–H groups in total. The number of nitrogens with one attached hydrogen (secondary N) is 1. The summed E-state index contributed by atoms with van der Waals surface area (Å²) >= 11 is 0. The topological polar surface area (TPSA) is 92.4 Å². The van der Waals surface area contributed by atoms with Gasteiger partial charge in [0.15, 0.2) is 0 Å². The van der Waals surface area contributed by atoms with Crippen LogP contribution in [0.25, 0.3) is 0 Å². The highest BCUT2D eigenvalue weighted by Gasteiger charge is 2.08. The summed E-state index contributed by atoms with van der Waals surface area (Å²) in [5.41, 5.74) is 5.53. The van der Waals surface area contributed by atoms with E-state index in [0.717, 1.165) is 19.3 Å². The molecule has 1 atom stereocenters. The van der Waals surface area contributed by atoms with E-state index in [2.05, 4.69) is 5.32 Å². The molecule has 0 spiro atoms. The predicted octanol–water partition coefficient (Wildman–Crippen LogP) is 0.875. The second-order valence-corrected chi connectivity index (χ2v) is 3.86. The summed E-state index contributed by atoms with van der Waals surface area (Å²) in [5.74, 6) is -0.852. The molecule has 0 aromatic rings. The highest BCUT2D eigenvalue weighted by atomic mass is 16.4. The van der Waals surface area contributed by atoms with Crippen molar-refractivity contribution in [2.45, 2.75) is 51.5 Å². The van der Waals surface area contributed by atoms with Crippen LogP contribution in [0.5, 0.6) is 0 Å². The Labute approximate surface area is 96.4 Å². The van der Waals surface area contributed by atoms with Gasteiger partial charge >= 0.3 is 5.97 Å². The van der Waals surface area contributed by atoms with Crippen molar-refractivity contribution in [3.05, 3.63) is 0 Å². The fourth-order valence-electron chi connectivity index (χ4n) is 1.28. The monoisotopic (exact) mass is 230 g/mol. The van der Waals surface area contributed by atoms with Gasteiger partial charge in [-0.25, -0.2) is 0 Å². The lowest BCUT2D eigenvalue weighted by atomic mass is 10.1. The Balaban J connectivity index is 3.27. The van der Waals surface area contributed by atoms with E-state index in [1.807, 2.05) is 6.92 Å². The van der Waals surface area contributed by atoms with Crippen LogP contribution in [-0.4, -0.2) is 29.6 Å². The van der Waals surface area contributed by atoms with E-state index in [-0.39, 0.29) is 12.3 Å². The van der Waals surface area contributed by atoms with Crippen LogP contribution in [0.2, 0.25) is 0 Å². The predicted molar refractivity (Wildman–Crippen MR) is 62.0 cm³/mol. The summed E-state index contributed by atoms with van der Waals surface area (Å²) < 4.78 is 0. The van der Waals surface area contributed by atoms with Gasteiger partial charge in [-0.1, -0.05) is 19.8 Å². The third-order valence-corrected chi connectivity index (χ3v) is 2.39. The minimum Gasteiger partial charge on any atom is -0.481 e. The molecular formula is C11H22N2O3. The van der Waals surface area contributed by atoms with Crippen LogP contribution >= 0.6 is 0 Å². The van der Waals surface area contributed by atoms with E-state index in [0.29, 0.717) is 19.4 Å². The molecule has 5 heteroatoms. The molecule has 0 radical (unpaired) electrons. The second-order valence-electron chi connectivity index (χ2n) is 3.86. The van der Waals surface area contributed by atoms with Crippen molar-refractivity contribution in [2.24, 2.45) is 5.73 Å². The van der Waals surface area contributed by atoms with Crippen molar-refractivity contribution in [1.82, 2.24) is 5.32 Å². The molecule has 0 aliphatic heterocycles. The molecule has 0 aliphatic rings. The van der Waals surface area contributed by atoms with Gasteiger partial charge in [0.25, 0.3) is 0 Å². The molecule has 0 saturated heterocycles. The molecule has 1 amide bonds. The van der Waals surface area contributed by atoms with Crippen LogP contribution in [-0.2, 0) is 9.59 Å². The van der Waals surface area contributed by atoms with E-state index in [4.69, 9.17) is 10.8 Å². The molecule has 0 rings (SSSR count). The van der Waals surface area contributed by atoms with Gasteiger partial charge in [0.05, 0.1) is 6.04 Å². The van der Waals surface area contributed by atoms with Crippen LogP contribution in [0.4, 0.5) is 0 Å². The minimum atomic E-state index is -0.748. The normalized spacial score (nSPS) is 12.1. The minimum absolute atomic E-state index is 0.104. The van der Waals surface area contributed by atoms with E-state index in [1.54, 1.807) is 0 Å². The molecule has 5 nitrogen and oxygen atoms in total. The van der Waals surface area contributed by atoms with Crippen LogP contribution in [0, 0.1) is 0 Å². The summed E-state index contributed by atoms with van der Waals surface area (Å²) in [6.07, 6.45) is 4.29. The number of rotatable bonds is 9. The molecule has 0 aliphatic carbocycles. The van der Waals surface area contributed by atoms with Gasteiger partial charge in [0.1, 0.15) is 0 Å². The highest BCUT2D eigenvalue weighted by Crippen LogP contribution is 2.02. The summed E-state index contributed by atoms with van der Waals surface area (Å²) in [6.45, 7) is 2.50. The van der Waals surface area contributed by atoms with Gasteiger partial charge < -0.3 is 16.2 Å². The van der Waals surface area contributed by atoms with Crippen LogP contribution in [0.3, 0.4) is 0 Å². The molecule has 16 heavy (non-hydrogen) atoms. The Kier molecular flexibility index (Phi) is 8.52. The van der Waals surface area contributed by atoms with Crippen LogP contribution < -0.4 is 11.1 Å². The largest absolute Gasteiger partial charge is 0.481 e. The number of carboxylic acid groups (broad SMARTS) is 1. The first-order valence-electron chi connectivity index (χ1n) is 5.83. The SMILES string of the molecule is CC[C@@H](N)C(=O)NCCCCCCC(=O)O. The average Bonchev–Trinajstić information content (AvgIpc) is 2.25. The maximum Gasteiger partial charge on any atom is 0.303 e. The number of aliphatic carboxylic acids is 1. The molecule has 0 unspecified atom stereocenters. The Hall–Kier alpha value is -1.10. The lowest BCUT2D eigenvalue weighted by Crippen LogP contribution is -2.40. The molecule has 0 saturated carbocycles. The smallest absolute Gasteiger partial charge is 0.303 e. The third-order valence-electron chi connectivity index (χ3n) is 2.39. The first kappa shape index (κ1) is 14.9.